The number of amides is 1. The highest BCUT2D eigenvalue weighted by molar-refractivity contribution is 6.30. The van der Waals surface area contributed by atoms with Crippen molar-refractivity contribution in [3.05, 3.63) is 99.8 Å². The number of carboxylic acid groups (broad SMARTS) is 1. The van der Waals surface area contributed by atoms with Crippen molar-refractivity contribution in [3.63, 3.8) is 0 Å². The first kappa shape index (κ1) is 24.7. The number of carboxylic acids is 1. The molecule has 0 spiro atoms. The van der Waals surface area contributed by atoms with Crippen LogP contribution in [-0.4, -0.2) is 40.6 Å². The Balaban J connectivity index is 1.43. The SMILES string of the molecule is C[C@]1(Cc2ccc(F)cc2)Cc2cc(C(=O)N(CCCc3ccc(Cl)cc3)CC(=O)O)ccc2O1. The van der Waals surface area contributed by atoms with Gasteiger partial charge in [-0.1, -0.05) is 35.9 Å². The summed E-state index contributed by atoms with van der Waals surface area (Å²) in [6.45, 7) is 1.95. The number of aryl methyl sites for hydroxylation is 1. The molecule has 1 aliphatic heterocycles. The molecule has 0 unspecified atom stereocenters. The zero-order valence-electron chi connectivity index (χ0n) is 19.5. The van der Waals surface area contributed by atoms with E-state index >= 15 is 0 Å². The summed E-state index contributed by atoms with van der Waals surface area (Å²) in [5.41, 5.74) is 2.86. The number of nitrogens with zero attached hydrogens (tertiary/aromatic N) is 1. The van der Waals surface area contributed by atoms with Crippen LogP contribution in [0, 0.1) is 5.82 Å². The number of carbonyl (C=O) groups is 2. The van der Waals surface area contributed by atoms with Gasteiger partial charge in [-0.15, -0.1) is 0 Å². The van der Waals surface area contributed by atoms with E-state index in [9.17, 15) is 19.1 Å². The van der Waals surface area contributed by atoms with Gasteiger partial charge in [0.25, 0.3) is 5.91 Å². The summed E-state index contributed by atoms with van der Waals surface area (Å²) in [4.78, 5) is 26.0. The second kappa shape index (κ2) is 10.5. The van der Waals surface area contributed by atoms with E-state index in [0.29, 0.717) is 48.6 Å². The van der Waals surface area contributed by atoms with Crippen LogP contribution in [0.2, 0.25) is 5.02 Å². The fourth-order valence-corrected chi connectivity index (χ4v) is 4.64. The summed E-state index contributed by atoms with van der Waals surface area (Å²) in [5.74, 6) is -0.949. The molecule has 4 rings (SSSR count). The lowest BCUT2D eigenvalue weighted by Gasteiger charge is -2.24. The number of rotatable bonds is 9. The van der Waals surface area contributed by atoms with E-state index in [2.05, 4.69) is 0 Å². The van der Waals surface area contributed by atoms with E-state index in [0.717, 1.165) is 16.7 Å². The van der Waals surface area contributed by atoms with E-state index in [1.165, 1.54) is 17.0 Å². The number of hydrogen-bond donors (Lipinski definition) is 1. The largest absolute Gasteiger partial charge is 0.487 e. The van der Waals surface area contributed by atoms with Gasteiger partial charge >= 0.3 is 5.97 Å². The zero-order valence-corrected chi connectivity index (χ0v) is 20.2. The summed E-state index contributed by atoms with van der Waals surface area (Å²) >= 11 is 5.93. The van der Waals surface area contributed by atoms with Gasteiger partial charge < -0.3 is 14.7 Å². The Morgan fingerprint density at radius 3 is 2.43 bits per heavy atom. The van der Waals surface area contributed by atoms with Crippen molar-refractivity contribution < 1.29 is 23.8 Å². The van der Waals surface area contributed by atoms with E-state index < -0.39 is 11.6 Å². The number of ether oxygens (including phenoxy) is 1. The summed E-state index contributed by atoms with van der Waals surface area (Å²) in [7, 11) is 0. The van der Waals surface area contributed by atoms with Crippen LogP contribution in [0.15, 0.2) is 66.7 Å². The predicted molar refractivity (Wildman–Crippen MR) is 133 cm³/mol. The van der Waals surface area contributed by atoms with Crippen LogP contribution in [-0.2, 0) is 24.1 Å². The molecule has 1 atom stereocenters. The Hall–Kier alpha value is -3.38. The standard InChI is InChI=1S/C28H27ClFNO4/c1-28(16-20-6-11-24(30)12-7-20)17-22-15-21(8-13-25(22)35-28)27(34)31(18-26(32)33)14-2-3-19-4-9-23(29)10-5-19/h4-13,15H,2-3,14,16-18H2,1H3,(H,32,33)/t28-/m0/s1. The van der Waals surface area contributed by atoms with E-state index in [1.54, 1.807) is 30.3 Å². The van der Waals surface area contributed by atoms with Gasteiger partial charge in [0.05, 0.1) is 0 Å². The molecule has 1 amide bonds. The van der Waals surface area contributed by atoms with Gasteiger partial charge in [-0.25, -0.2) is 4.39 Å². The molecule has 0 saturated carbocycles. The Bertz CT molecular complexity index is 1210. The molecule has 1 heterocycles. The molecule has 7 heteroatoms. The molecule has 35 heavy (non-hydrogen) atoms. The number of carbonyl (C=O) groups excluding carboxylic acids is 1. The van der Waals surface area contributed by atoms with Crippen molar-refractivity contribution >= 4 is 23.5 Å². The second-order valence-electron chi connectivity index (χ2n) is 9.20. The first-order valence-electron chi connectivity index (χ1n) is 11.5. The lowest BCUT2D eigenvalue weighted by atomic mass is 9.91. The van der Waals surface area contributed by atoms with Gasteiger partial charge in [0.2, 0.25) is 0 Å². The van der Waals surface area contributed by atoms with Crippen molar-refractivity contribution in [2.75, 3.05) is 13.1 Å². The highest BCUT2D eigenvalue weighted by atomic mass is 35.5. The number of hydrogen-bond acceptors (Lipinski definition) is 3. The van der Waals surface area contributed by atoms with Gasteiger partial charge in [0, 0.05) is 30.0 Å². The normalized spacial score (nSPS) is 16.4. The molecule has 0 saturated heterocycles. The molecule has 0 fully saturated rings. The number of benzene rings is 3. The topological polar surface area (TPSA) is 66.8 Å². The molecule has 0 radical (unpaired) electrons. The Labute approximate surface area is 209 Å². The predicted octanol–water partition coefficient (Wildman–Crippen LogP) is 5.58. The third-order valence-corrected chi connectivity index (χ3v) is 6.39. The maximum Gasteiger partial charge on any atom is 0.323 e. The summed E-state index contributed by atoms with van der Waals surface area (Å²) < 4.78 is 19.4. The molecule has 0 aromatic heterocycles. The summed E-state index contributed by atoms with van der Waals surface area (Å²) in [6.07, 6.45) is 2.53. The first-order valence-corrected chi connectivity index (χ1v) is 11.9. The van der Waals surface area contributed by atoms with E-state index in [4.69, 9.17) is 16.3 Å². The van der Waals surface area contributed by atoms with Crippen LogP contribution in [0.3, 0.4) is 0 Å². The third-order valence-electron chi connectivity index (χ3n) is 6.14. The monoisotopic (exact) mass is 495 g/mol. The number of aliphatic carboxylic acids is 1. The lowest BCUT2D eigenvalue weighted by molar-refractivity contribution is -0.137. The van der Waals surface area contributed by atoms with Crippen LogP contribution < -0.4 is 4.74 Å². The molecule has 3 aromatic carbocycles. The first-order chi connectivity index (χ1) is 16.7. The molecular formula is C28H27ClFNO4. The maximum absolute atomic E-state index is 13.2. The molecule has 182 valence electrons. The quantitative estimate of drug-likeness (QED) is 0.421. The van der Waals surface area contributed by atoms with Crippen LogP contribution in [0.5, 0.6) is 5.75 Å². The average Bonchev–Trinajstić information content (AvgIpc) is 3.15. The van der Waals surface area contributed by atoms with Crippen molar-refractivity contribution in [2.45, 2.75) is 38.2 Å². The fourth-order valence-electron chi connectivity index (χ4n) is 4.51. The van der Waals surface area contributed by atoms with Crippen LogP contribution in [0.4, 0.5) is 4.39 Å². The highest BCUT2D eigenvalue weighted by Gasteiger charge is 2.35. The minimum Gasteiger partial charge on any atom is -0.487 e. The van der Waals surface area contributed by atoms with Crippen LogP contribution in [0.25, 0.3) is 0 Å². The molecule has 0 aliphatic carbocycles. The Morgan fingerprint density at radius 1 is 1.06 bits per heavy atom. The Morgan fingerprint density at radius 2 is 1.74 bits per heavy atom. The molecular weight excluding hydrogens is 469 g/mol. The summed E-state index contributed by atoms with van der Waals surface area (Å²) in [6, 6.07) is 19.1. The molecule has 1 N–H and O–H groups in total. The van der Waals surface area contributed by atoms with Gasteiger partial charge in [-0.3, -0.25) is 9.59 Å². The van der Waals surface area contributed by atoms with Crippen molar-refractivity contribution in [3.8, 4) is 5.75 Å². The lowest BCUT2D eigenvalue weighted by Crippen LogP contribution is -2.36. The molecule has 5 nitrogen and oxygen atoms in total. The van der Waals surface area contributed by atoms with Crippen LogP contribution in [0.1, 0.15) is 40.4 Å². The molecule has 1 aliphatic rings. The van der Waals surface area contributed by atoms with Gasteiger partial charge in [-0.05, 0) is 78.9 Å². The van der Waals surface area contributed by atoms with Gasteiger partial charge in [0.15, 0.2) is 0 Å². The van der Waals surface area contributed by atoms with E-state index in [1.807, 2.05) is 31.2 Å². The van der Waals surface area contributed by atoms with Crippen molar-refractivity contribution in [2.24, 2.45) is 0 Å². The van der Waals surface area contributed by atoms with Gasteiger partial charge in [0.1, 0.15) is 23.7 Å². The zero-order chi connectivity index (χ0) is 25.0. The van der Waals surface area contributed by atoms with E-state index in [-0.39, 0.29) is 18.3 Å². The maximum atomic E-state index is 13.2. The number of halogens is 2. The van der Waals surface area contributed by atoms with Crippen LogP contribution >= 0.6 is 11.6 Å². The molecule has 0 bridgehead atoms. The fraction of sp³-hybridized carbons (Fsp3) is 0.286. The summed E-state index contributed by atoms with van der Waals surface area (Å²) in [5, 5.41) is 10.0. The van der Waals surface area contributed by atoms with Crippen molar-refractivity contribution in [1.29, 1.82) is 0 Å². The Kier molecular flexibility index (Phi) is 7.41. The van der Waals surface area contributed by atoms with Crippen molar-refractivity contribution in [1.82, 2.24) is 4.90 Å². The minimum atomic E-state index is -1.05. The third kappa shape index (κ3) is 6.40. The number of fused-ring (bicyclic) bond motifs is 1. The highest BCUT2D eigenvalue weighted by Crippen LogP contribution is 2.37. The second-order valence-corrected chi connectivity index (χ2v) is 9.64. The minimum absolute atomic E-state index is 0.281. The smallest absolute Gasteiger partial charge is 0.323 e. The molecule has 3 aromatic rings. The van der Waals surface area contributed by atoms with Gasteiger partial charge in [-0.2, -0.15) is 0 Å². The average molecular weight is 496 g/mol.